The summed E-state index contributed by atoms with van der Waals surface area (Å²) in [6, 6.07) is 9.53. The highest BCUT2D eigenvalue weighted by Gasteiger charge is 2.85. The Morgan fingerprint density at radius 1 is 0.940 bits per heavy atom. The molecule has 2 bridgehead atoms. The van der Waals surface area contributed by atoms with Crippen LogP contribution < -0.4 is 0 Å². The average molecular weight is 707 g/mol. The number of ether oxygens (including phenoxy) is 4. The van der Waals surface area contributed by atoms with Crippen LogP contribution in [0.5, 0.6) is 0 Å². The summed E-state index contributed by atoms with van der Waals surface area (Å²) in [5, 5.41) is 53.4. The lowest BCUT2D eigenvalue weighted by atomic mass is 9.74. The molecule has 2 saturated heterocycles. The molecule has 2 aliphatic heterocycles. The molecule has 278 valence electrons. The Morgan fingerprint density at radius 3 is 2.16 bits per heavy atom. The molecule has 0 aliphatic carbocycles. The van der Waals surface area contributed by atoms with Gasteiger partial charge in [0.2, 0.25) is 23.1 Å². The minimum Gasteiger partial charge on any atom is -0.479 e. The molecular formula is C36H50O14. The van der Waals surface area contributed by atoms with Crippen molar-refractivity contribution in [3.63, 3.8) is 0 Å². The number of unbranched alkanes of at least 4 members (excludes halogenated alkanes) is 6. The van der Waals surface area contributed by atoms with Crippen LogP contribution in [0.3, 0.4) is 0 Å². The zero-order chi connectivity index (χ0) is 37.1. The first-order valence-corrected chi connectivity index (χ1v) is 17.2. The normalized spacial score (nSPS) is 28.5. The predicted octanol–water partition coefficient (Wildman–Crippen LogP) is 4.09. The fourth-order valence-electron chi connectivity index (χ4n) is 6.73. The maximum Gasteiger partial charge on any atom is 0.344 e. The molecule has 0 saturated carbocycles. The summed E-state index contributed by atoms with van der Waals surface area (Å²) < 4.78 is 22.1. The molecule has 8 atom stereocenters. The first-order valence-electron chi connectivity index (χ1n) is 17.2. The second kappa shape index (κ2) is 17.9. The van der Waals surface area contributed by atoms with Gasteiger partial charge in [-0.2, -0.15) is 0 Å². The van der Waals surface area contributed by atoms with Crippen LogP contribution in [0.1, 0.15) is 103 Å². The van der Waals surface area contributed by atoms with E-state index in [1.807, 2.05) is 49.4 Å². The summed E-state index contributed by atoms with van der Waals surface area (Å²) in [7, 11) is 0. The Labute approximate surface area is 291 Å². The van der Waals surface area contributed by atoms with Crippen LogP contribution in [-0.4, -0.2) is 96.8 Å². The topological polar surface area (TPSA) is 223 Å². The van der Waals surface area contributed by atoms with Crippen molar-refractivity contribution in [3.05, 3.63) is 42.0 Å². The maximum atomic E-state index is 13.0. The van der Waals surface area contributed by atoms with E-state index in [0.717, 1.165) is 37.7 Å². The molecule has 2 unspecified atom stereocenters. The lowest BCUT2D eigenvalue weighted by Gasteiger charge is -2.48. The van der Waals surface area contributed by atoms with Gasteiger partial charge in [-0.1, -0.05) is 94.9 Å². The van der Waals surface area contributed by atoms with Gasteiger partial charge in [0.15, 0.2) is 6.10 Å². The first kappa shape index (κ1) is 40.6. The van der Waals surface area contributed by atoms with Crippen molar-refractivity contribution in [1.29, 1.82) is 0 Å². The van der Waals surface area contributed by atoms with Crippen molar-refractivity contribution < 1.29 is 68.5 Å². The van der Waals surface area contributed by atoms with Crippen LogP contribution in [-0.2, 0) is 42.9 Å². The molecule has 5 N–H and O–H groups in total. The van der Waals surface area contributed by atoms with Crippen molar-refractivity contribution in [2.24, 2.45) is 5.92 Å². The van der Waals surface area contributed by atoms with E-state index in [0.29, 0.717) is 19.3 Å². The molecule has 3 rings (SSSR count). The number of esters is 2. The van der Waals surface area contributed by atoms with Gasteiger partial charge in [0.1, 0.15) is 12.2 Å². The van der Waals surface area contributed by atoms with Crippen LogP contribution >= 0.6 is 0 Å². The van der Waals surface area contributed by atoms with E-state index >= 15 is 0 Å². The van der Waals surface area contributed by atoms with Crippen LogP contribution in [0, 0.1) is 5.92 Å². The third kappa shape index (κ3) is 8.89. The molecule has 14 nitrogen and oxygen atoms in total. The average Bonchev–Trinajstić information content (AvgIpc) is 3.27. The molecule has 0 amide bonds. The highest BCUT2D eigenvalue weighted by molar-refractivity contribution is 5.98. The highest BCUT2D eigenvalue weighted by atomic mass is 16.8. The minimum absolute atomic E-state index is 0.0199. The summed E-state index contributed by atoms with van der Waals surface area (Å²) in [6.45, 7) is 5.18. The molecule has 1 aromatic carbocycles. The molecule has 0 spiro atoms. The molecular weight excluding hydrogens is 656 g/mol. The number of aliphatic hydroxyl groups is 2. The number of carboxylic acids is 3. The van der Waals surface area contributed by atoms with Gasteiger partial charge in [0.05, 0.1) is 0 Å². The van der Waals surface area contributed by atoms with E-state index in [1.54, 1.807) is 0 Å². The molecule has 2 fully saturated rings. The molecule has 0 radical (unpaired) electrons. The molecule has 50 heavy (non-hydrogen) atoms. The van der Waals surface area contributed by atoms with Gasteiger partial charge in [-0.15, -0.1) is 0 Å². The second-order valence-electron chi connectivity index (χ2n) is 13.2. The third-order valence-electron chi connectivity index (χ3n) is 9.43. The number of benzene rings is 1. The van der Waals surface area contributed by atoms with E-state index < -0.39 is 77.7 Å². The number of hydrogen-bond donors (Lipinski definition) is 5. The predicted molar refractivity (Wildman–Crippen MR) is 176 cm³/mol. The zero-order valence-electron chi connectivity index (χ0n) is 28.8. The minimum atomic E-state index is -3.84. The van der Waals surface area contributed by atoms with Crippen LogP contribution in [0.15, 0.2) is 36.4 Å². The molecule has 1 aromatic rings. The van der Waals surface area contributed by atoms with Gasteiger partial charge in [-0.3, -0.25) is 9.59 Å². The fraction of sp³-hybridized carbons (Fsp3) is 0.639. The number of fused-ring (bicyclic) bond motifs is 2. The van der Waals surface area contributed by atoms with Crippen molar-refractivity contribution in [2.75, 3.05) is 0 Å². The van der Waals surface area contributed by atoms with E-state index in [9.17, 15) is 49.5 Å². The number of aliphatic hydroxyl groups excluding tert-OH is 1. The third-order valence-corrected chi connectivity index (χ3v) is 9.43. The van der Waals surface area contributed by atoms with E-state index in [4.69, 9.17) is 18.9 Å². The summed E-state index contributed by atoms with van der Waals surface area (Å²) >= 11 is 0. The van der Waals surface area contributed by atoms with Gasteiger partial charge in [0, 0.05) is 19.8 Å². The number of aliphatic carboxylic acids is 3. The summed E-state index contributed by atoms with van der Waals surface area (Å²) in [4.78, 5) is 62.7. The van der Waals surface area contributed by atoms with Gasteiger partial charge < -0.3 is 44.5 Å². The molecule has 14 heteroatoms. The number of rotatable bonds is 21. The number of carboxylic acid groups (broad SMARTS) is 3. The van der Waals surface area contributed by atoms with Gasteiger partial charge in [0.25, 0.3) is 0 Å². The van der Waals surface area contributed by atoms with Crippen molar-refractivity contribution in [1.82, 2.24) is 0 Å². The monoisotopic (exact) mass is 706 g/mol. The quantitative estimate of drug-likeness (QED) is 0.0897. The summed E-state index contributed by atoms with van der Waals surface area (Å²) in [6.07, 6.45) is 1.74. The lowest BCUT2D eigenvalue weighted by molar-refractivity contribution is -0.374. The number of carbonyl (C=O) groups is 5. The Morgan fingerprint density at radius 2 is 1.58 bits per heavy atom. The molecule has 2 heterocycles. The van der Waals surface area contributed by atoms with Gasteiger partial charge in [-0.25, -0.2) is 14.4 Å². The van der Waals surface area contributed by atoms with E-state index in [-0.39, 0.29) is 25.2 Å². The zero-order valence-corrected chi connectivity index (χ0v) is 28.8. The molecule has 0 aromatic heterocycles. The Kier molecular flexibility index (Phi) is 14.5. The van der Waals surface area contributed by atoms with Crippen molar-refractivity contribution in [3.8, 4) is 0 Å². The molecule has 2 aliphatic rings. The van der Waals surface area contributed by atoms with Crippen molar-refractivity contribution >= 4 is 35.9 Å². The number of hydrogen-bond acceptors (Lipinski definition) is 11. The maximum absolute atomic E-state index is 13.0. The largest absolute Gasteiger partial charge is 0.479 e. The second-order valence-corrected chi connectivity index (χ2v) is 13.2. The highest BCUT2D eigenvalue weighted by Crippen LogP contribution is 2.55. The standard InChI is InChI=1S/C36H50O14/c1-4-5-6-7-8-9-13-21-27(38)48-29-28(39)34(49-30(31(40)41)35(46,32(42)43)36(29,50-34)33(44)45)22-15-20-26(47-24(3)37)23(2)16-14-19-25-17-11-10-12-18-25/h10-12,14,17-19,23,26,28-30,39,46H,4-9,13,15-16,20-22H2,1-3H3,(H,40,41)(H,42,43)(H,44,45)/b19-14+/t23?,26?,28-,29-,30-,34-,35-,36-/m1/s1. The van der Waals surface area contributed by atoms with Gasteiger partial charge >= 0.3 is 29.8 Å². The Hall–Kier alpha value is -3.85. The van der Waals surface area contributed by atoms with E-state index in [1.165, 1.54) is 6.92 Å². The van der Waals surface area contributed by atoms with Crippen LogP contribution in [0.4, 0.5) is 0 Å². The lowest BCUT2D eigenvalue weighted by Crippen LogP contribution is -2.78. The van der Waals surface area contributed by atoms with Crippen LogP contribution in [0.2, 0.25) is 0 Å². The van der Waals surface area contributed by atoms with Crippen molar-refractivity contribution in [2.45, 2.75) is 139 Å². The Balaban J connectivity index is 1.85. The SMILES string of the molecule is CCCCCCCCCC(=O)O[C@@H]1[C@@H](O)[C@]2(CCCC(OC(C)=O)C(C)C/C=C/c3ccccc3)O[C@H](C(=O)O)[C@@](O)(C(=O)O)[C@@]1(C(=O)O)O2. The van der Waals surface area contributed by atoms with Gasteiger partial charge in [-0.05, 0) is 37.2 Å². The van der Waals surface area contributed by atoms with Crippen LogP contribution in [0.25, 0.3) is 6.08 Å². The first-order chi connectivity index (χ1) is 23.7. The number of allylic oxidation sites excluding steroid dienone is 1. The fourth-order valence-corrected chi connectivity index (χ4v) is 6.73. The number of carbonyl (C=O) groups excluding carboxylic acids is 2. The summed E-state index contributed by atoms with van der Waals surface area (Å²) in [5.74, 6) is -10.9. The smallest absolute Gasteiger partial charge is 0.344 e. The van der Waals surface area contributed by atoms with E-state index in [2.05, 4.69) is 6.92 Å². The Bertz CT molecular complexity index is 1360. The summed E-state index contributed by atoms with van der Waals surface area (Å²) in [5.41, 5.74) is -6.34.